The lowest BCUT2D eigenvalue weighted by Gasteiger charge is -2.18. The molecule has 14 heavy (non-hydrogen) atoms. The normalized spacial score (nSPS) is 26.3. The van der Waals surface area contributed by atoms with E-state index in [-0.39, 0.29) is 0 Å². The third kappa shape index (κ3) is 3.65. The molecule has 1 rings (SSSR count). The zero-order valence-electron chi connectivity index (χ0n) is 8.74. The molecule has 1 aliphatic carbocycles. The van der Waals surface area contributed by atoms with E-state index >= 15 is 0 Å². The van der Waals surface area contributed by atoms with Crippen LogP contribution in [0.3, 0.4) is 0 Å². The zero-order valence-corrected chi connectivity index (χ0v) is 8.74. The fraction of sp³-hybridized carbons (Fsp3) is 0.909. The van der Waals surface area contributed by atoms with Gasteiger partial charge in [-0.15, -0.1) is 0 Å². The Labute approximate surface area is 86.2 Å². The standard InChI is InChI=1S/C11H20N2O/c12-7-2-1-3-8-14-11-6-4-5-10(11)9-13/h10-11H,1-6,8-9,13H2. The van der Waals surface area contributed by atoms with Crippen molar-refractivity contribution in [1.29, 1.82) is 5.26 Å². The van der Waals surface area contributed by atoms with Gasteiger partial charge in [-0.25, -0.2) is 0 Å². The van der Waals surface area contributed by atoms with Crippen LogP contribution >= 0.6 is 0 Å². The van der Waals surface area contributed by atoms with Gasteiger partial charge in [-0.3, -0.25) is 0 Å². The third-order valence-electron chi connectivity index (χ3n) is 2.91. The Hall–Kier alpha value is -0.590. The number of nitriles is 1. The van der Waals surface area contributed by atoms with Crippen molar-refractivity contribution in [2.24, 2.45) is 11.7 Å². The predicted molar refractivity (Wildman–Crippen MR) is 55.6 cm³/mol. The van der Waals surface area contributed by atoms with E-state index in [0.29, 0.717) is 18.4 Å². The summed E-state index contributed by atoms with van der Waals surface area (Å²) < 4.78 is 5.76. The molecular weight excluding hydrogens is 176 g/mol. The van der Waals surface area contributed by atoms with Crippen LogP contribution in [0, 0.1) is 17.2 Å². The molecule has 3 heteroatoms. The van der Waals surface area contributed by atoms with Gasteiger partial charge in [0.2, 0.25) is 0 Å². The number of hydrogen-bond donors (Lipinski definition) is 1. The van der Waals surface area contributed by atoms with E-state index in [0.717, 1.165) is 26.0 Å². The van der Waals surface area contributed by atoms with Gasteiger partial charge in [-0.05, 0) is 38.1 Å². The van der Waals surface area contributed by atoms with Gasteiger partial charge in [-0.1, -0.05) is 6.42 Å². The van der Waals surface area contributed by atoms with Gasteiger partial charge in [-0.2, -0.15) is 5.26 Å². The highest BCUT2D eigenvalue weighted by Gasteiger charge is 2.26. The number of rotatable bonds is 6. The van der Waals surface area contributed by atoms with Crippen LogP contribution in [-0.4, -0.2) is 19.3 Å². The molecule has 0 bridgehead atoms. The van der Waals surface area contributed by atoms with Crippen LogP contribution in [-0.2, 0) is 4.74 Å². The Balaban J connectivity index is 2.03. The van der Waals surface area contributed by atoms with Crippen molar-refractivity contribution in [2.75, 3.05) is 13.2 Å². The quantitative estimate of drug-likeness (QED) is 0.659. The molecule has 0 amide bonds. The van der Waals surface area contributed by atoms with Gasteiger partial charge >= 0.3 is 0 Å². The maximum absolute atomic E-state index is 8.35. The summed E-state index contributed by atoms with van der Waals surface area (Å²) in [5, 5.41) is 8.35. The second-order valence-corrected chi connectivity index (χ2v) is 3.95. The zero-order chi connectivity index (χ0) is 10.2. The monoisotopic (exact) mass is 196 g/mol. The van der Waals surface area contributed by atoms with E-state index in [1.54, 1.807) is 0 Å². The number of nitrogens with zero attached hydrogens (tertiary/aromatic N) is 1. The van der Waals surface area contributed by atoms with E-state index in [4.69, 9.17) is 15.7 Å². The number of nitrogens with two attached hydrogens (primary N) is 1. The lowest BCUT2D eigenvalue weighted by Crippen LogP contribution is -2.25. The average molecular weight is 196 g/mol. The number of ether oxygens (including phenoxy) is 1. The molecule has 0 aromatic carbocycles. The van der Waals surface area contributed by atoms with Crippen LogP contribution in [0.4, 0.5) is 0 Å². The Morgan fingerprint density at radius 1 is 1.36 bits per heavy atom. The molecular formula is C11H20N2O. The molecule has 3 nitrogen and oxygen atoms in total. The third-order valence-corrected chi connectivity index (χ3v) is 2.91. The second kappa shape index (κ2) is 6.80. The molecule has 1 saturated carbocycles. The van der Waals surface area contributed by atoms with E-state index in [1.807, 2.05) is 0 Å². The van der Waals surface area contributed by atoms with Crippen LogP contribution in [0.2, 0.25) is 0 Å². The van der Waals surface area contributed by atoms with Crippen molar-refractivity contribution in [3.8, 4) is 6.07 Å². The molecule has 1 fully saturated rings. The Kier molecular flexibility index (Phi) is 5.58. The minimum Gasteiger partial charge on any atom is -0.378 e. The molecule has 0 radical (unpaired) electrons. The van der Waals surface area contributed by atoms with Gasteiger partial charge < -0.3 is 10.5 Å². The van der Waals surface area contributed by atoms with Crippen LogP contribution in [0.15, 0.2) is 0 Å². The predicted octanol–water partition coefficient (Wildman–Crippen LogP) is 1.82. The average Bonchev–Trinajstić information content (AvgIpc) is 2.65. The molecule has 80 valence electrons. The first-order valence-corrected chi connectivity index (χ1v) is 5.57. The maximum Gasteiger partial charge on any atom is 0.0621 e. The first-order valence-electron chi connectivity index (χ1n) is 5.57. The van der Waals surface area contributed by atoms with E-state index in [1.165, 1.54) is 19.3 Å². The highest BCUT2D eigenvalue weighted by Crippen LogP contribution is 2.27. The van der Waals surface area contributed by atoms with Gasteiger partial charge in [0.1, 0.15) is 0 Å². The van der Waals surface area contributed by atoms with Crippen LogP contribution in [0.5, 0.6) is 0 Å². The van der Waals surface area contributed by atoms with Crippen LogP contribution in [0.1, 0.15) is 38.5 Å². The highest BCUT2D eigenvalue weighted by atomic mass is 16.5. The van der Waals surface area contributed by atoms with Gasteiger partial charge in [0, 0.05) is 13.0 Å². The van der Waals surface area contributed by atoms with E-state index < -0.39 is 0 Å². The van der Waals surface area contributed by atoms with Gasteiger partial charge in [0.15, 0.2) is 0 Å². The highest BCUT2D eigenvalue weighted by molar-refractivity contribution is 4.78. The molecule has 0 heterocycles. The van der Waals surface area contributed by atoms with E-state index in [9.17, 15) is 0 Å². The van der Waals surface area contributed by atoms with E-state index in [2.05, 4.69) is 6.07 Å². The fourth-order valence-electron chi connectivity index (χ4n) is 2.03. The fourth-order valence-corrected chi connectivity index (χ4v) is 2.03. The number of hydrogen-bond acceptors (Lipinski definition) is 3. The summed E-state index contributed by atoms with van der Waals surface area (Å²) in [7, 11) is 0. The first-order chi connectivity index (χ1) is 6.88. The minimum absolute atomic E-state index is 0.391. The van der Waals surface area contributed by atoms with Gasteiger partial charge in [0.05, 0.1) is 12.2 Å². The largest absolute Gasteiger partial charge is 0.378 e. The van der Waals surface area contributed by atoms with Crippen molar-refractivity contribution in [1.82, 2.24) is 0 Å². The molecule has 0 aromatic heterocycles. The smallest absolute Gasteiger partial charge is 0.0621 e. The summed E-state index contributed by atoms with van der Waals surface area (Å²) in [6, 6.07) is 2.14. The summed E-state index contributed by atoms with van der Waals surface area (Å²) in [6.45, 7) is 1.55. The number of unbranched alkanes of at least 4 members (excludes halogenated alkanes) is 2. The van der Waals surface area contributed by atoms with Crippen LogP contribution in [0.25, 0.3) is 0 Å². The lowest BCUT2D eigenvalue weighted by molar-refractivity contribution is 0.0282. The summed E-state index contributed by atoms with van der Waals surface area (Å²) in [4.78, 5) is 0. The Morgan fingerprint density at radius 2 is 2.21 bits per heavy atom. The van der Waals surface area contributed by atoms with Gasteiger partial charge in [0.25, 0.3) is 0 Å². The SMILES string of the molecule is N#CCCCCOC1CCCC1CN. The summed E-state index contributed by atoms with van der Waals surface area (Å²) in [6.07, 6.45) is 6.64. The molecule has 0 aliphatic heterocycles. The van der Waals surface area contributed by atoms with Crippen molar-refractivity contribution in [2.45, 2.75) is 44.6 Å². The van der Waals surface area contributed by atoms with Crippen molar-refractivity contribution >= 4 is 0 Å². The van der Waals surface area contributed by atoms with Crippen molar-refractivity contribution < 1.29 is 4.74 Å². The van der Waals surface area contributed by atoms with Crippen LogP contribution < -0.4 is 5.73 Å². The second-order valence-electron chi connectivity index (χ2n) is 3.95. The molecule has 2 unspecified atom stereocenters. The molecule has 0 spiro atoms. The summed E-state index contributed by atoms with van der Waals surface area (Å²) in [5.41, 5.74) is 5.65. The van der Waals surface area contributed by atoms with Crippen molar-refractivity contribution in [3.05, 3.63) is 0 Å². The topological polar surface area (TPSA) is 59.0 Å². The first kappa shape index (κ1) is 11.5. The molecule has 2 atom stereocenters. The van der Waals surface area contributed by atoms with Crippen molar-refractivity contribution in [3.63, 3.8) is 0 Å². The molecule has 0 aromatic rings. The molecule has 1 aliphatic rings. The summed E-state index contributed by atoms with van der Waals surface area (Å²) >= 11 is 0. The molecule has 0 saturated heterocycles. The lowest BCUT2D eigenvalue weighted by atomic mass is 10.1. The Morgan fingerprint density at radius 3 is 2.93 bits per heavy atom. The Bertz CT molecular complexity index is 188. The maximum atomic E-state index is 8.35. The molecule has 2 N–H and O–H groups in total. The minimum atomic E-state index is 0.391. The summed E-state index contributed by atoms with van der Waals surface area (Å²) in [5.74, 6) is 0.575.